The molecule has 0 aliphatic rings. The van der Waals surface area contributed by atoms with Crippen LogP contribution in [0.25, 0.3) is 0 Å². The molecule has 0 heterocycles. The van der Waals surface area contributed by atoms with Gasteiger partial charge in [0.1, 0.15) is 20.2 Å². The third-order valence-corrected chi connectivity index (χ3v) is 16.1. The minimum absolute atomic E-state index is 0.0741. The maximum atomic E-state index is 12.3. The van der Waals surface area contributed by atoms with Gasteiger partial charge < -0.3 is 9.11 Å². The van der Waals surface area contributed by atoms with Crippen LogP contribution in [0.4, 0.5) is 0 Å². The summed E-state index contributed by atoms with van der Waals surface area (Å²) in [6.07, 6.45) is 45.6. The van der Waals surface area contributed by atoms with Crippen LogP contribution < -0.4 is 0 Å². The quantitative estimate of drug-likeness (QED) is 0.0367. The molecule has 0 saturated heterocycles. The summed E-state index contributed by atoms with van der Waals surface area (Å²) in [7, 11) is -8.94. The third kappa shape index (κ3) is 29.6. The molecule has 0 bridgehead atoms. The molecular weight excluding hydrogens is 945 g/mol. The van der Waals surface area contributed by atoms with Crippen LogP contribution in [0.15, 0.2) is 21.9 Å². The number of benzene rings is 2. The van der Waals surface area contributed by atoms with E-state index in [1.165, 1.54) is 138 Å². The Kier molecular flexibility index (Phi) is 43.3. The Labute approximate surface area is 445 Å². The van der Waals surface area contributed by atoms with Crippen molar-refractivity contribution in [2.45, 2.75) is 322 Å². The Bertz CT molecular complexity index is 1690. The van der Waals surface area contributed by atoms with E-state index in [0.717, 1.165) is 171 Å². The van der Waals surface area contributed by atoms with Crippen molar-refractivity contribution in [3.05, 3.63) is 56.6 Å². The van der Waals surface area contributed by atoms with Crippen LogP contribution >= 0.6 is 0 Å². The van der Waals surface area contributed by atoms with Gasteiger partial charge in [-0.15, -0.1) is 0 Å². The van der Waals surface area contributed by atoms with Gasteiger partial charge in [-0.25, -0.2) is 16.8 Å². The number of hydrogen-bond acceptors (Lipinski definition) is 7. The fourth-order valence-corrected chi connectivity index (χ4v) is 11.7. The summed E-state index contributed by atoms with van der Waals surface area (Å²) in [4.78, 5) is 0.148. The average molecular weight is 1050 g/mol. The predicted molar refractivity (Wildman–Crippen MR) is 292 cm³/mol. The first kappa shape index (κ1) is 68.8. The van der Waals surface area contributed by atoms with E-state index in [2.05, 4.69) is 55.4 Å². The molecule has 0 amide bonds. The third-order valence-electron chi connectivity index (χ3n) is 14.3. The maximum absolute atomic E-state index is 12.3. The first-order valence-electron chi connectivity index (χ1n) is 29.3. The monoisotopic (exact) mass is 1050 g/mol. The molecule has 70 heavy (non-hydrogen) atoms. The number of unbranched alkanes of at least 4 members (excludes halogenated alkanes) is 24. The van der Waals surface area contributed by atoms with Crippen LogP contribution in [-0.2, 0) is 95.3 Å². The Hall–Kier alpha value is -1.23. The van der Waals surface area contributed by atoms with E-state index in [0.29, 0.717) is 12.8 Å². The first-order valence-corrected chi connectivity index (χ1v) is 32.7. The SMILES string of the molecule is CCCCCCCCCCCCc1c(CCCC)cc(S(=O)(=O)[O-])c(CCCC)c1CCCC.CCCCCCCCCCCCc1c(CCCC)cc(S(=O)(=O)[O-])c(CCCC)c1CCCC.[O]=[Ti+2]. The molecule has 0 unspecified atom stereocenters. The van der Waals surface area contributed by atoms with Crippen LogP contribution in [0.2, 0.25) is 0 Å². The summed E-state index contributed by atoms with van der Waals surface area (Å²) in [5, 5.41) is 0. The van der Waals surface area contributed by atoms with Crippen molar-refractivity contribution >= 4 is 20.2 Å². The van der Waals surface area contributed by atoms with Crippen molar-refractivity contribution in [3.8, 4) is 0 Å². The molecular formula is C60H106O7S2Ti. The summed E-state index contributed by atoms with van der Waals surface area (Å²) in [5.74, 6) is 0. The van der Waals surface area contributed by atoms with Gasteiger partial charge in [-0.2, -0.15) is 0 Å². The molecule has 0 aliphatic heterocycles. The molecule has 404 valence electrons. The van der Waals surface area contributed by atoms with Crippen LogP contribution in [-0.4, -0.2) is 25.9 Å². The first-order chi connectivity index (χ1) is 33.8. The van der Waals surface area contributed by atoms with E-state index in [1.54, 1.807) is 12.1 Å². The molecule has 0 aromatic heterocycles. The van der Waals surface area contributed by atoms with Crippen LogP contribution in [0.1, 0.15) is 305 Å². The molecule has 2 aromatic carbocycles. The summed E-state index contributed by atoms with van der Waals surface area (Å²) < 4.78 is 81.9. The molecule has 0 saturated carbocycles. The van der Waals surface area contributed by atoms with Gasteiger partial charge in [0, 0.05) is 0 Å². The average Bonchev–Trinajstić information content (AvgIpc) is 3.34. The van der Waals surface area contributed by atoms with Gasteiger partial charge in [0.15, 0.2) is 0 Å². The Morgan fingerprint density at radius 1 is 0.286 bits per heavy atom. The molecule has 2 rings (SSSR count). The minimum atomic E-state index is -4.47. The van der Waals surface area contributed by atoms with Gasteiger partial charge in [-0.1, -0.05) is 209 Å². The van der Waals surface area contributed by atoms with E-state index in [1.807, 2.05) is 0 Å². The fourth-order valence-electron chi connectivity index (χ4n) is 10.1. The van der Waals surface area contributed by atoms with Gasteiger partial charge in [0.25, 0.3) is 0 Å². The number of aryl methyl sites for hydroxylation is 2. The van der Waals surface area contributed by atoms with Gasteiger partial charge >= 0.3 is 23.7 Å². The van der Waals surface area contributed by atoms with Gasteiger partial charge in [-0.05, 0) is 159 Å². The van der Waals surface area contributed by atoms with Crippen molar-refractivity contribution < 1.29 is 49.7 Å². The van der Waals surface area contributed by atoms with E-state index >= 15 is 0 Å². The topological polar surface area (TPSA) is 131 Å². The number of hydrogen-bond donors (Lipinski definition) is 0. The van der Waals surface area contributed by atoms with E-state index in [4.69, 9.17) is 3.32 Å². The second-order valence-electron chi connectivity index (χ2n) is 20.3. The molecule has 0 radical (unpaired) electrons. The van der Waals surface area contributed by atoms with Crippen molar-refractivity contribution in [3.63, 3.8) is 0 Å². The summed E-state index contributed by atoms with van der Waals surface area (Å²) in [6.45, 7) is 17.5. The molecule has 0 spiro atoms. The zero-order valence-corrected chi connectivity index (χ0v) is 49.8. The van der Waals surface area contributed by atoms with Crippen molar-refractivity contribution in [2.24, 2.45) is 0 Å². The van der Waals surface area contributed by atoms with E-state index in [9.17, 15) is 25.9 Å². The molecule has 2 aromatic rings. The fraction of sp³-hybridized carbons (Fsp3) is 0.800. The summed E-state index contributed by atoms with van der Waals surface area (Å²) in [5.41, 5.74) is 9.08. The zero-order chi connectivity index (χ0) is 52.5. The summed E-state index contributed by atoms with van der Waals surface area (Å²) in [6, 6.07) is 3.54. The molecule has 0 N–H and O–H groups in total. The Balaban J connectivity index is 0.00000131. The second-order valence-corrected chi connectivity index (χ2v) is 23.0. The van der Waals surface area contributed by atoms with Gasteiger partial charge in [-0.3, -0.25) is 0 Å². The zero-order valence-electron chi connectivity index (χ0n) is 46.6. The van der Waals surface area contributed by atoms with Crippen molar-refractivity contribution in [1.82, 2.24) is 0 Å². The van der Waals surface area contributed by atoms with E-state index < -0.39 is 20.2 Å². The van der Waals surface area contributed by atoms with Crippen LogP contribution in [0.3, 0.4) is 0 Å². The Morgan fingerprint density at radius 2 is 0.486 bits per heavy atom. The predicted octanol–water partition coefficient (Wildman–Crippen LogP) is 18.0. The normalized spacial score (nSPS) is 11.7. The van der Waals surface area contributed by atoms with Crippen LogP contribution in [0, 0.1) is 0 Å². The number of rotatable bonds is 42. The molecule has 7 nitrogen and oxygen atoms in total. The second kappa shape index (κ2) is 44.1. The van der Waals surface area contributed by atoms with E-state index in [-0.39, 0.29) is 9.79 Å². The molecule has 0 aliphatic carbocycles. The van der Waals surface area contributed by atoms with Gasteiger partial charge in [0.2, 0.25) is 0 Å². The standard InChI is InChI=1S/2C30H54O3S.O.Ti/c2*1-5-9-13-14-15-16-17-18-19-20-24-27-26(21-10-6-2)25-30(34(31,32)33)29(23-12-8-4)28(27)22-11-7-3;;/h2*25H,5-24H2,1-4H3,(H,31,32,33);;/q;;;+2/p-2. The molecule has 0 atom stereocenters. The Morgan fingerprint density at radius 3 is 0.729 bits per heavy atom. The summed E-state index contributed by atoms with van der Waals surface area (Å²) >= 11 is 0.750. The molecule has 10 heteroatoms. The van der Waals surface area contributed by atoms with Crippen molar-refractivity contribution in [1.29, 1.82) is 0 Å². The van der Waals surface area contributed by atoms with Crippen LogP contribution in [0.5, 0.6) is 0 Å². The van der Waals surface area contributed by atoms with Crippen molar-refractivity contribution in [2.75, 3.05) is 0 Å². The van der Waals surface area contributed by atoms with Gasteiger partial charge in [0.05, 0.1) is 9.79 Å². The molecule has 0 fully saturated rings.